The Morgan fingerprint density at radius 1 is 1.37 bits per heavy atom. The van der Waals surface area contributed by atoms with Crippen LogP contribution in [-0.2, 0) is 18.3 Å². The molecule has 0 fully saturated rings. The number of hydrogen-bond donors (Lipinski definition) is 2. The van der Waals surface area contributed by atoms with Gasteiger partial charge in [0.2, 0.25) is 0 Å². The molecule has 4 heterocycles. The van der Waals surface area contributed by atoms with E-state index in [1.807, 2.05) is 46.3 Å². The second-order valence-corrected chi connectivity index (χ2v) is 7.69. The maximum Gasteiger partial charge on any atom is 0.410 e. The number of hydrogen-bond acceptors (Lipinski definition) is 6. The first-order valence-electron chi connectivity index (χ1n) is 8.85. The molecule has 142 valence electrons. The van der Waals surface area contributed by atoms with Crippen molar-refractivity contribution in [2.45, 2.75) is 39.0 Å². The molecule has 9 nitrogen and oxygen atoms in total. The number of fused-ring (bicyclic) bond motifs is 2. The molecule has 3 aromatic rings. The van der Waals surface area contributed by atoms with Crippen molar-refractivity contribution in [2.24, 2.45) is 7.05 Å². The van der Waals surface area contributed by atoms with Crippen molar-refractivity contribution in [1.82, 2.24) is 29.6 Å². The van der Waals surface area contributed by atoms with E-state index in [1.165, 1.54) is 6.33 Å². The Morgan fingerprint density at radius 2 is 2.19 bits per heavy atom. The Morgan fingerprint density at radius 3 is 2.96 bits per heavy atom. The lowest BCUT2D eigenvalue weighted by molar-refractivity contribution is 0.0206. The molecule has 0 aromatic carbocycles. The predicted molar refractivity (Wildman–Crippen MR) is 100 cm³/mol. The summed E-state index contributed by atoms with van der Waals surface area (Å²) < 4.78 is 7.36. The lowest BCUT2D eigenvalue weighted by atomic mass is 10.0. The molecule has 1 aliphatic rings. The van der Waals surface area contributed by atoms with Gasteiger partial charge in [0, 0.05) is 25.4 Å². The van der Waals surface area contributed by atoms with Gasteiger partial charge in [0.15, 0.2) is 0 Å². The summed E-state index contributed by atoms with van der Waals surface area (Å²) in [5.41, 5.74) is 2.25. The molecule has 0 radical (unpaired) electrons. The van der Waals surface area contributed by atoms with Gasteiger partial charge < -0.3 is 15.0 Å². The molecular weight excluding hydrogens is 346 g/mol. The van der Waals surface area contributed by atoms with Crippen LogP contribution in [0.2, 0.25) is 0 Å². The van der Waals surface area contributed by atoms with E-state index in [0.29, 0.717) is 18.9 Å². The Kier molecular flexibility index (Phi) is 4.01. The summed E-state index contributed by atoms with van der Waals surface area (Å²) in [7, 11) is 1.88. The quantitative estimate of drug-likeness (QED) is 0.720. The summed E-state index contributed by atoms with van der Waals surface area (Å²) in [5, 5.41) is 8.72. The van der Waals surface area contributed by atoms with Crippen LogP contribution in [0.5, 0.6) is 0 Å². The number of amides is 1. The minimum Gasteiger partial charge on any atom is -0.444 e. The zero-order valence-corrected chi connectivity index (χ0v) is 15.9. The number of anilines is 1. The van der Waals surface area contributed by atoms with Gasteiger partial charge in [-0.05, 0) is 26.8 Å². The number of aromatic amines is 1. The summed E-state index contributed by atoms with van der Waals surface area (Å²) >= 11 is 0. The van der Waals surface area contributed by atoms with Crippen molar-refractivity contribution in [2.75, 3.05) is 11.9 Å². The van der Waals surface area contributed by atoms with Gasteiger partial charge in [-0.25, -0.2) is 14.8 Å². The first-order chi connectivity index (χ1) is 12.8. The SMILES string of the molecule is Cn1ncc2c1CN(C(=O)OC(C)(C)C)CC2Nc1ncnc2[nH]ccc12. The van der Waals surface area contributed by atoms with Gasteiger partial charge in [-0.1, -0.05) is 0 Å². The fraction of sp³-hybridized carbons (Fsp3) is 0.444. The molecule has 1 unspecified atom stereocenters. The van der Waals surface area contributed by atoms with Crippen LogP contribution >= 0.6 is 0 Å². The summed E-state index contributed by atoms with van der Waals surface area (Å²) in [5.74, 6) is 0.715. The number of H-pyrrole nitrogens is 1. The topological polar surface area (TPSA) is 101 Å². The number of aromatic nitrogens is 5. The first kappa shape index (κ1) is 17.3. The third-order valence-electron chi connectivity index (χ3n) is 4.53. The van der Waals surface area contributed by atoms with Crippen LogP contribution in [0.25, 0.3) is 11.0 Å². The zero-order valence-electron chi connectivity index (χ0n) is 15.9. The van der Waals surface area contributed by atoms with E-state index < -0.39 is 5.60 Å². The minimum absolute atomic E-state index is 0.150. The Balaban J connectivity index is 1.65. The highest BCUT2D eigenvalue weighted by Gasteiger charge is 2.33. The number of nitrogens with one attached hydrogen (secondary N) is 2. The normalized spacial score (nSPS) is 17.0. The maximum atomic E-state index is 12.6. The molecule has 0 saturated carbocycles. The van der Waals surface area contributed by atoms with Crippen molar-refractivity contribution in [3.63, 3.8) is 0 Å². The van der Waals surface area contributed by atoms with E-state index in [-0.39, 0.29) is 12.1 Å². The average molecular weight is 369 g/mol. The minimum atomic E-state index is -0.545. The lowest BCUT2D eigenvalue weighted by Crippen LogP contribution is -2.43. The highest BCUT2D eigenvalue weighted by atomic mass is 16.6. The molecule has 4 rings (SSSR count). The van der Waals surface area contributed by atoms with Gasteiger partial charge in [-0.3, -0.25) is 9.58 Å². The second-order valence-electron chi connectivity index (χ2n) is 7.69. The van der Waals surface area contributed by atoms with Crippen molar-refractivity contribution in [3.8, 4) is 0 Å². The lowest BCUT2D eigenvalue weighted by Gasteiger charge is -2.34. The number of rotatable bonds is 2. The highest BCUT2D eigenvalue weighted by molar-refractivity contribution is 5.86. The second kappa shape index (κ2) is 6.26. The van der Waals surface area contributed by atoms with Gasteiger partial charge in [0.25, 0.3) is 0 Å². The summed E-state index contributed by atoms with van der Waals surface area (Å²) in [6.07, 6.45) is 4.85. The molecule has 1 aliphatic heterocycles. The van der Waals surface area contributed by atoms with Crippen molar-refractivity contribution in [1.29, 1.82) is 0 Å². The van der Waals surface area contributed by atoms with Crippen LogP contribution < -0.4 is 5.32 Å². The molecule has 0 bridgehead atoms. The standard InChI is InChI=1S/C18H23N7O2/c1-18(2,3)27-17(26)25-8-13(12-7-22-24(4)14(12)9-25)23-16-11-5-6-19-15(11)20-10-21-16/h5-7,10,13H,8-9H2,1-4H3,(H2,19,20,21,23). The molecule has 9 heteroatoms. The average Bonchev–Trinajstić information content (AvgIpc) is 3.21. The first-order valence-corrected chi connectivity index (χ1v) is 8.85. The number of carbonyl (C=O) groups excluding carboxylic acids is 1. The summed E-state index contributed by atoms with van der Waals surface area (Å²) in [6.45, 7) is 6.52. The molecule has 1 atom stereocenters. The molecule has 0 spiro atoms. The van der Waals surface area contributed by atoms with Crippen molar-refractivity contribution in [3.05, 3.63) is 36.0 Å². The largest absolute Gasteiger partial charge is 0.444 e. The van der Waals surface area contributed by atoms with Crippen LogP contribution in [-0.4, -0.2) is 47.9 Å². The summed E-state index contributed by atoms with van der Waals surface area (Å²) in [4.78, 5) is 26.0. The molecule has 27 heavy (non-hydrogen) atoms. The molecule has 3 aromatic heterocycles. The van der Waals surface area contributed by atoms with Gasteiger partial charge in [-0.15, -0.1) is 0 Å². The Hall–Kier alpha value is -3.10. The third-order valence-corrected chi connectivity index (χ3v) is 4.53. The molecule has 0 saturated heterocycles. The monoisotopic (exact) mass is 369 g/mol. The van der Waals surface area contributed by atoms with E-state index in [2.05, 4.69) is 25.4 Å². The number of aryl methyl sites for hydroxylation is 1. The Labute approximate surface area is 156 Å². The van der Waals surface area contributed by atoms with E-state index in [4.69, 9.17) is 4.74 Å². The van der Waals surface area contributed by atoms with Crippen LogP contribution in [0.3, 0.4) is 0 Å². The van der Waals surface area contributed by atoms with Crippen molar-refractivity contribution < 1.29 is 9.53 Å². The Bertz CT molecular complexity index is 985. The van der Waals surface area contributed by atoms with Crippen molar-refractivity contribution >= 4 is 22.9 Å². The number of nitrogens with zero attached hydrogens (tertiary/aromatic N) is 5. The highest BCUT2D eigenvalue weighted by Crippen LogP contribution is 2.31. The summed E-state index contributed by atoms with van der Waals surface area (Å²) in [6, 6.07) is 1.78. The maximum absolute atomic E-state index is 12.6. The number of carbonyl (C=O) groups is 1. The smallest absolute Gasteiger partial charge is 0.410 e. The molecule has 0 aliphatic carbocycles. The molecular formula is C18H23N7O2. The fourth-order valence-electron chi connectivity index (χ4n) is 3.27. The van der Waals surface area contributed by atoms with Gasteiger partial charge in [-0.2, -0.15) is 5.10 Å². The van der Waals surface area contributed by atoms with E-state index >= 15 is 0 Å². The molecule has 1 amide bonds. The predicted octanol–water partition coefficient (Wildman–Crippen LogP) is 2.60. The third kappa shape index (κ3) is 3.32. The van der Waals surface area contributed by atoms with E-state index in [9.17, 15) is 4.79 Å². The fourth-order valence-corrected chi connectivity index (χ4v) is 3.27. The zero-order chi connectivity index (χ0) is 19.2. The van der Waals surface area contributed by atoms with Gasteiger partial charge >= 0.3 is 6.09 Å². The van der Waals surface area contributed by atoms with Gasteiger partial charge in [0.05, 0.1) is 29.9 Å². The van der Waals surface area contributed by atoms with Crippen LogP contribution in [0.4, 0.5) is 10.6 Å². The van der Waals surface area contributed by atoms with Gasteiger partial charge in [0.1, 0.15) is 23.4 Å². The number of ether oxygens (including phenoxy) is 1. The molecule has 2 N–H and O–H groups in total. The van der Waals surface area contributed by atoms with E-state index in [1.54, 1.807) is 9.58 Å². The van der Waals surface area contributed by atoms with Crippen LogP contribution in [0.1, 0.15) is 38.1 Å². The van der Waals surface area contributed by atoms with Crippen LogP contribution in [0.15, 0.2) is 24.8 Å². The van der Waals surface area contributed by atoms with Crippen LogP contribution in [0, 0.1) is 0 Å². The van der Waals surface area contributed by atoms with E-state index in [0.717, 1.165) is 22.3 Å².